The summed E-state index contributed by atoms with van der Waals surface area (Å²) in [6.07, 6.45) is 4.44. The third-order valence-corrected chi connectivity index (χ3v) is 6.94. The second-order valence-corrected chi connectivity index (χ2v) is 9.43. The molecule has 3 aromatic heterocycles. The van der Waals surface area contributed by atoms with Crippen molar-refractivity contribution in [2.45, 2.75) is 57.9 Å². The summed E-state index contributed by atoms with van der Waals surface area (Å²) in [5.41, 5.74) is 1.11. The summed E-state index contributed by atoms with van der Waals surface area (Å²) in [5, 5.41) is 25.1. The molecule has 1 fully saturated rings. The number of hydrogen-bond donors (Lipinski definition) is 3. The van der Waals surface area contributed by atoms with Crippen LogP contribution in [0.15, 0.2) is 30.9 Å². The van der Waals surface area contributed by atoms with Gasteiger partial charge >= 0.3 is 11.9 Å². The van der Waals surface area contributed by atoms with E-state index in [1.54, 1.807) is 0 Å². The number of nitro groups is 1. The molecule has 0 aliphatic heterocycles. The van der Waals surface area contributed by atoms with Crippen LogP contribution in [-0.2, 0) is 26.3 Å². The molecule has 0 bridgehead atoms. The monoisotopic (exact) mass is 533 g/mol. The molecule has 0 amide bonds. The van der Waals surface area contributed by atoms with E-state index >= 15 is 0 Å². The van der Waals surface area contributed by atoms with Gasteiger partial charge in [-0.25, -0.2) is 4.98 Å². The van der Waals surface area contributed by atoms with E-state index in [1.165, 1.54) is 5.56 Å². The van der Waals surface area contributed by atoms with Gasteiger partial charge in [0.25, 0.3) is 0 Å². The Hall–Kier alpha value is -3.81. The molecule has 1 saturated carbocycles. The van der Waals surface area contributed by atoms with Crippen LogP contribution in [0.1, 0.15) is 48.1 Å². The lowest BCUT2D eigenvalue weighted by Crippen LogP contribution is -2.34. The van der Waals surface area contributed by atoms with E-state index in [0.717, 1.165) is 62.6 Å². The van der Waals surface area contributed by atoms with Gasteiger partial charge in [-0.2, -0.15) is 23.3 Å². The first-order valence-corrected chi connectivity index (χ1v) is 12.3. The van der Waals surface area contributed by atoms with Gasteiger partial charge in [0.15, 0.2) is 0 Å². The Morgan fingerprint density at radius 2 is 1.87 bits per heavy atom. The average molecular weight is 534 g/mol. The molecule has 3 N–H and O–H groups in total. The largest absolute Gasteiger partial charge is 0.416 e. The van der Waals surface area contributed by atoms with Crippen LogP contribution in [0, 0.1) is 23.0 Å². The van der Waals surface area contributed by atoms with E-state index in [4.69, 9.17) is 0 Å². The van der Waals surface area contributed by atoms with Gasteiger partial charge in [-0.1, -0.05) is 0 Å². The normalized spacial score (nSPS) is 17.8. The SMILES string of the molecule is Cc1c(CN[C@H]2CC[C@H](CNc3nc(NCc4cnccc4C(F)(F)F)ncc3[N+](=O)[O-])CC2)cnn1C. The van der Waals surface area contributed by atoms with Crippen molar-refractivity contribution in [3.8, 4) is 0 Å². The first kappa shape index (κ1) is 27.2. The van der Waals surface area contributed by atoms with E-state index in [1.807, 2.05) is 24.9 Å². The summed E-state index contributed by atoms with van der Waals surface area (Å²) in [4.78, 5) is 22.7. The summed E-state index contributed by atoms with van der Waals surface area (Å²) >= 11 is 0. The molecular weight excluding hydrogens is 503 g/mol. The van der Waals surface area contributed by atoms with Crippen LogP contribution in [0.3, 0.4) is 0 Å². The van der Waals surface area contributed by atoms with Gasteiger partial charge < -0.3 is 16.0 Å². The van der Waals surface area contributed by atoms with Crippen LogP contribution in [0.5, 0.6) is 0 Å². The van der Waals surface area contributed by atoms with Crippen molar-refractivity contribution < 1.29 is 18.1 Å². The van der Waals surface area contributed by atoms with E-state index in [2.05, 4.69) is 36.0 Å². The van der Waals surface area contributed by atoms with Crippen LogP contribution >= 0.6 is 0 Å². The molecule has 0 unspecified atom stereocenters. The highest BCUT2D eigenvalue weighted by Crippen LogP contribution is 2.32. The summed E-state index contributed by atoms with van der Waals surface area (Å²) in [6.45, 7) is 3.06. The van der Waals surface area contributed by atoms with Crippen molar-refractivity contribution in [2.75, 3.05) is 17.2 Å². The molecule has 204 valence electrons. The lowest BCUT2D eigenvalue weighted by Gasteiger charge is -2.29. The van der Waals surface area contributed by atoms with Crippen molar-refractivity contribution in [1.82, 2.24) is 30.0 Å². The minimum absolute atomic E-state index is 0.0197. The highest BCUT2D eigenvalue weighted by Gasteiger charge is 2.33. The Balaban J connectivity index is 1.32. The van der Waals surface area contributed by atoms with Gasteiger partial charge in [0.05, 0.1) is 16.7 Å². The van der Waals surface area contributed by atoms with Crippen molar-refractivity contribution >= 4 is 17.5 Å². The zero-order chi connectivity index (χ0) is 27.3. The Labute approximate surface area is 217 Å². The minimum Gasteiger partial charge on any atom is -0.364 e. The first-order valence-electron chi connectivity index (χ1n) is 12.3. The molecule has 0 spiro atoms. The number of rotatable bonds is 10. The van der Waals surface area contributed by atoms with Gasteiger partial charge in [-0.05, 0) is 44.6 Å². The maximum Gasteiger partial charge on any atom is 0.416 e. The first-order chi connectivity index (χ1) is 18.1. The Morgan fingerprint density at radius 3 is 2.53 bits per heavy atom. The predicted octanol–water partition coefficient (Wildman–Crippen LogP) is 4.21. The second-order valence-electron chi connectivity index (χ2n) is 9.43. The molecule has 0 radical (unpaired) electrons. The lowest BCUT2D eigenvalue weighted by molar-refractivity contribution is -0.384. The Kier molecular flexibility index (Phi) is 8.39. The molecule has 0 saturated heterocycles. The van der Waals surface area contributed by atoms with Gasteiger partial charge in [0, 0.05) is 61.9 Å². The number of pyridine rings is 1. The summed E-state index contributed by atoms with van der Waals surface area (Å²) < 4.78 is 41.6. The highest BCUT2D eigenvalue weighted by molar-refractivity contribution is 5.57. The summed E-state index contributed by atoms with van der Waals surface area (Å²) in [6, 6.07) is 1.29. The number of alkyl halides is 3. The lowest BCUT2D eigenvalue weighted by atomic mass is 9.86. The highest BCUT2D eigenvalue weighted by atomic mass is 19.4. The van der Waals surface area contributed by atoms with Crippen LogP contribution in [-0.4, -0.2) is 42.2 Å². The van der Waals surface area contributed by atoms with Gasteiger partial charge in [0.2, 0.25) is 11.8 Å². The summed E-state index contributed by atoms with van der Waals surface area (Å²) in [5.74, 6) is 0.319. The van der Waals surface area contributed by atoms with E-state index < -0.39 is 16.7 Å². The zero-order valence-electron chi connectivity index (χ0n) is 21.1. The number of anilines is 2. The third kappa shape index (κ3) is 6.73. The topological polar surface area (TPSA) is 136 Å². The number of aryl methyl sites for hydroxylation is 1. The average Bonchev–Trinajstić information content (AvgIpc) is 3.22. The third-order valence-electron chi connectivity index (χ3n) is 6.94. The molecule has 3 heterocycles. The number of hydrogen-bond acceptors (Lipinski definition) is 9. The second kappa shape index (κ2) is 11.7. The van der Waals surface area contributed by atoms with Crippen LogP contribution in [0.25, 0.3) is 0 Å². The molecule has 0 atom stereocenters. The number of halogens is 3. The fourth-order valence-electron chi connectivity index (χ4n) is 4.53. The molecule has 38 heavy (non-hydrogen) atoms. The van der Waals surface area contributed by atoms with Gasteiger partial charge in [0.1, 0.15) is 6.20 Å². The molecule has 3 aromatic rings. The van der Waals surface area contributed by atoms with Gasteiger partial charge in [-0.15, -0.1) is 0 Å². The Morgan fingerprint density at radius 1 is 1.11 bits per heavy atom. The quantitative estimate of drug-likeness (QED) is 0.259. The van der Waals surface area contributed by atoms with Crippen molar-refractivity contribution in [3.63, 3.8) is 0 Å². The van der Waals surface area contributed by atoms with Crippen LogP contribution in [0.4, 0.5) is 30.6 Å². The van der Waals surface area contributed by atoms with E-state index in [9.17, 15) is 23.3 Å². The van der Waals surface area contributed by atoms with Crippen molar-refractivity contribution in [2.24, 2.45) is 13.0 Å². The maximum atomic E-state index is 13.2. The fourth-order valence-corrected chi connectivity index (χ4v) is 4.53. The van der Waals surface area contributed by atoms with E-state index in [0.29, 0.717) is 18.5 Å². The number of nitrogens with one attached hydrogen (secondary N) is 3. The minimum atomic E-state index is -4.53. The van der Waals surface area contributed by atoms with Gasteiger partial charge in [-0.3, -0.25) is 19.8 Å². The molecule has 14 heteroatoms. The van der Waals surface area contributed by atoms with E-state index in [-0.39, 0.29) is 29.6 Å². The molecule has 4 rings (SSSR count). The molecule has 0 aromatic carbocycles. The van der Waals surface area contributed by atoms with Crippen molar-refractivity contribution in [1.29, 1.82) is 0 Å². The van der Waals surface area contributed by atoms with Crippen LogP contribution < -0.4 is 16.0 Å². The van der Waals surface area contributed by atoms with Crippen molar-refractivity contribution in [3.05, 3.63) is 63.4 Å². The molecule has 1 aliphatic carbocycles. The Bertz CT molecular complexity index is 1260. The fraction of sp³-hybridized carbons (Fsp3) is 0.500. The van der Waals surface area contributed by atoms with Crippen LogP contribution in [0.2, 0.25) is 0 Å². The zero-order valence-corrected chi connectivity index (χ0v) is 21.1. The maximum absolute atomic E-state index is 13.2. The molecular formula is C24H30F3N9O2. The predicted molar refractivity (Wildman–Crippen MR) is 134 cm³/mol. The standard InChI is InChI=1S/C24H30F3N9O2/c1-15-17(13-33-35(15)2)11-29-19-5-3-16(4-6-19)9-30-22-21(36(37)38)14-32-23(34-22)31-12-18-10-28-8-7-20(18)24(25,26)27/h7-8,10,13-14,16,19,29H,3-6,9,11-12H2,1-2H3,(H2,30,31,32,34)/t16-,19-. The smallest absolute Gasteiger partial charge is 0.364 e. The number of nitrogens with zero attached hydrogens (tertiary/aromatic N) is 6. The summed E-state index contributed by atoms with van der Waals surface area (Å²) in [7, 11) is 1.92. The molecule has 11 nitrogen and oxygen atoms in total. The molecule has 1 aliphatic rings. The number of aromatic nitrogens is 5.